The van der Waals surface area contributed by atoms with E-state index in [4.69, 9.17) is 10.3 Å². The average Bonchev–Trinajstić information content (AvgIpc) is 3.04. The van der Waals surface area contributed by atoms with Crippen molar-refractivity contribution in [1.82, 2.24) is 5.43 Å². The SMILES string of the molecule is NNC(Cc1cccs1)c1cc2ccccc2o1. The molecule has 92 valence electrons. The molecule has 3 aromatic rings. The van der Waals surface area contributed by atoms with E-state index in [0.717, 1.165) is 23.2 Å². The predicted molar refractivity (Wildman–Crippen MR) is 74.3 cm³/mol. The quantitative estimate of drug-likeness (QED) is 0.558. The first kappa shape index (κ1) is 11.5. The molecule has 0 radical (unpaired) electrons. The maximum atomic E-state index is 5.83. The molecule has 0 aliphatic rings. The number of fused-ring (bicyclic) bond motifs is 1. The van der Waals surface area contributed by atoms with Gasteiger partial charge < -0.3 is 4.42 Å². The second kappa shape index (κ2) is 4.94. The largest absolute Gasteiger partial charge is 0.459 e. The summed E-state index contributed by atoms with van der Waals surface area (Å²) in [4.78, 5) is 1.29. The Morgan fingerprint density at radius 3 is 2.83 bits per heavy atom. The Hall–Kier alpha value is -1.62. The molecule has 3 rings (SSSR count). The minimum Gasteiger partial charge on any atom is -0.459 e. The van der Waals surface area contributed by atoms with Crippen LogP contribution in [0, 0.1) is 0 Å². The number of para-hydroxylation sites is 1. The molecular formula is C14H14N2OS. The van der Waals surface area contributed by atoms with Crippen LogP contribution in [-0.4, -0.2) is 0 Å². The third-order valence-electron chi connectivity index (χ3n) is 2.97. The number of rotatable bonds is 4. The van der Waals surface area contributed by atoms with Crippen LogP contribution < -0.4 is 11.3 Å². The minimum absolute atomic E-state index is 0.0102. The maximum absolute atomic E-state index is 5.83. The van der Waals surface area contributed by atoms with Gasteiger partial charge in [0.1, 0.15) is 11.3 Å². The number of nitrogens with one attached hydrogen (secondary N) is 1. The molecular weight excluding hydrogens is 244 g/mol. The third kappa shape index (κ3) is 2.18. The first-order valence-corrected chi connectivity index (χ1v) is 6.72. The number of hydrogen-bond acceptors (Lipinski definition) is 4. The van der Waals surface area contributed by atoms with Crippen molar-refractivity contribution in [3.05, 3.63) is 58.5 Å². The first-order valence-electron chi connectivity index (χ1n) is 5.84. The summed E-state index contributed by atoms with van der Waals surface area (Å²) in [6, 6.07) is 14.2. The van der Waals surface area contributed by atoms with Crippen LogP contribution in [0.5, 0.6) is 0 Å². The van der Waals surface area contributed by atoms with Gasteiger partial charge in [-0.05, 0) is 23.6 Å². The average molecular weight is 258 g/mol. The van der Waals surface area contributed by atoms with Crippen molar-refractivity contribution in [3.8, 4) is 0 Å². The zero-order valence-corrected chi connectivity index (χ0v) is 10.6. The van der Waals surface area contributed by atoms with Crippen molar-refractivity contribution in [1.29, 1.82) is 0 Å². The highest BCUT2D eigenvalue weighted by atomic mass is 32.1. The number of hydrogen-bond donors (Lipinski definition) is 2. The fourth-order valence-electron chi connectivity index (χ4n) is 2.05. The van der Waals surface area contributed by atoms with Gasteiger partial charge in [0, 0.05) is 16.7 Å². The van der Waals surface area contributed by atoms with E-state index in [1.165, 1.54) is 4.88 Å². The molecule has 2 heterocycles. The van der Waals surface area contributed by atoms with Gasteiger partial charge in [0.15, 0.2) is 0 Å². The lowest BCUT2D eigenvalue weighted by molar-refractivity contribution is 0.436. The molecule has 0 aliphatic carbocycles. The Balaban J connectivity index is 1.90. The lowest BCUT2D eigenvalue weighted by atomic mass is 10.1. The summed E-state index contributed by atoms with van der Waals surface area (Å²) in [6.07, 6.45) is 0.841. The van der Waals surface area contributed by atoms with Gasteiger partial charge in [-0.15, -0.1) is 11.3 Å². The number of hydrazine groups is 1. The molecule has 0 saturated carbocycles. The number of thiophene rings is 1. The van der Waals surface area contributed by atoms with Crippen LogP contribution in [-0.2, 0) is 6.42 Å². The lowest BCUT2D eigenvalue weighted by Crippen LogP contribution is -2.29. The van der Waals surface area contributed by atoms with Gasteiger partial charge in [-0.25, -0.2) is 5.43 Å². The van der Waals surface area contributed by atoms with E-state index < -0.39 is 0 Å². The molecule has 3 nitrogen and oxygen atoms in total. The molecule has 18 heavy (non-hydrogen) atoms. The third-order valence-corrected chi connectivity index (χ3v) is 3.87. The molecule has 0 aliphatic heterocycles. The van der Waals surface area contributed by atoms with Crippen molar-refractivity contribution in [2.75, 3.05) is 0 Å². The molecule has 0 fully saturated rings. The van der Waals surface area contributed by atoms with Crippen LogP contribution in [0.4, 0.5) is 0 Å². The van der Waals surface area contributed by atoms with Crippen LogP contribution in [0.25, 0.3) is 11.0 Å². The Kier molecular flexibility index (Phi) is 3.15. The molecule has 4 heteroatoms. The first-order chi connectivity index (χ1) is 8.86. The smallest absolute Gasteiger partial charge is 0.134 e. The second-order valence-electron chi connectivity index (χ2n) is 4.19. The van der Waals surface area contributed by atoms with Crippen LogP contribution in [0.1, 0.15) is 16.7 Å². The van der Waals surface area contributed by atoms with Gasteiger partial charge in [0.05, 0.1) is 6.04 Å². The van der Waals surface area contributed by atoms with E-state index in [2.05, 4.69) is 16.9 Å². The van der Waals surface area contributed by atoms with Gasteiger partial charge in [-0.2, -0.15) is 0 Å². The predicted octanol–water partition coefficient (Wildman–Crippen LogP) is 3.24. The Morgan fingerprint density at radius 2 is 2.11 bits per heavy atom. The van der Waals surface area contributed by atoms with Gasteiger partial charge in [-0.1, -0.05) is 24.3 Å². The molecule has 0 saturated heterocycles. The summed E-state index contributed by atoms with van der Waals surface area (Å²) in [7, 11) is 0. The second-order valence-corrected chi connectivity index (χ2v) is 5.22. The van der Waals surface area contributed by atoms with Crippen LogP contribution in [0.15, 0.2) is 52.3 Å². The summed E-state index contributed by atoms with van der Waals surface area (Å²) in [5.41, 5.74) is 3.73. The maximum Gasteiger partial charge on any atom is 0.134 e. The Labute approximate surface area is 109 Å². The van der Waals surface area contributed by atoms with E-state index in [9.17, 15) is 0 Å². The summed E-state index contributed by atoms with van der Waals surface area (Å²) >= 11 is 1.73. The Bertz CT molecular complexity index is 597. The van der Waals surface area contributed by atoms with Gasteiger partial charge in [0.2, 0.25) is 0 Å². The summed E-state index contributed by atoms with van der Waals surface area (Å²) in [5, 5.41) is 3.18. The van der Waals surface area contributed by atoms with E-state index in [1.807, 2.05) is 36.4 Å². The van der Waals surface area contributed by atoms with E-state index in [0.29, 0.717) is 0 Å². The van der Waals surface area contributed by atoms with Gasteiger partial charge in [0.25, 0.3) is 0 Å². The number of benzene rings is 1. The summed E-state index contributed by atoms with van der Waals surface area (Å²) in [5.74, 6) is 6.52. The van der Waals surface area contributed by atoms with Crippen molar-refractivity contribution >= 4 is 22.3 Å². The number of furan rings is 1. The van der Waals surface area contributed by atoms with E-state index in [1.54, 1.807) is 11.3 Å². The number of nitrogens with two attached hydrogens (primary N) is 1. The summed E-state index contributed by atoms with van der Waals surface area (Å²) < 4.78 is 5.83. The standard InChI is InChI=1S/C14H14N2OS/c15-16-12(9-11-5-3-7-18-11)14-8-10-4-1-2-6-13(10)17-14/h1-8,12,16H,9,15H2. The minimum atomic E-state index is 0.0102. The Morgan fingerprint density at radius 1 is 1.22 bits per heavy atom. The van der Waals surface area contributed by atoms with Gasteiger partial charge in [-0.3, -0.25) is 5.84 Å². The lowest BCUT2D eigenvalue weighted by Gasteiger charge is -2.11. The highest BCUT2D eigenvalue weighted by Crippen LogP contribution is 2.26. The monoisotopic (exact) mass is 258 g/mol. The van der Waals surface area contributed by atoms with Crippen LogP contribution >= 0.6 is 11.3 Å². The normalized spacial score (nSPS) is 12.9. The zero-order valence-electron chi connectivity index (χ0n) is 9.80. The van der Waals surface area contributed by atoms with Crippen LogP contribution in [0.3, 0.4) is 0 Å². The van der Waals surface area contributed by atoms with Crippen molar-refractivity contribution in [3.63, 3.8) is 0 Å². The molecule has 3 N–H and O–H groups in total. The molecule has 1 atom stereocenters. The fraction of sp³-hybridized carbons (Fsp3) is 0.143. The molecule has 1 aromatic carbocycles. The molecule has 2 aromatic heterocycles. The van der Waals surface area contributed by atoms with Crippen LogP contribution in [0.2, 0.25) is 0 Å². The van der Waals surface area contributed by atoms with E-state index >= 15 is 0 Å². The highest BCUT2D eigenvalue weighted by Gasteiger charge is 2.15. The van der Waals surface area contributed by atoms with Crippen molar-refractivity contribution in [2.45, 2.75) is 12.5 Å². The van der Waals surface area contributed by atoms with Gasteiger partial charge >= 0.3 is 0 Å². The zero-order chi connectivity index (χ0) is 12.4. The van der Waals surface area contributed by atoms with Crippen molar-refractivity contribution < 1.29 is 4.42 Å². The summed E-state index contributed by atoms with van der Waals surface area (Å²) in [6.45, 7) is 0. The molecule has 0 spiro atoms. The topological polar surface area (TPSA) is 51.2 Å². The molecule has 1 unspecified atom stereocenters. The van der Waals surface area contributed by atoms with E-state index in [-0.39, 0.29) is 6.04 Å². The van der Waals surface area contributed by atoms with Crippen molar-refractivity contribution in [2.24, 2.45) is 5.84 Å². The fourth-order valence-corrected chi connectivity index (χ4v) is 2.80. The molecule has 0 bridgehead atoms. The molecule has 0 amide bonds. The highest BCUT2D eigenvalue weighted by molar-refractivity contribution is 7.09.